The highest BCUT2D eigenvalue weighted by molar-refractivity contribution is 5.85. The van der Waals surface area contributed by atoms with Gasteiger partial charge in [-0.3, -0.25) is 4.90 Å². The molecule has 2 fully saturated rings. The van der Waals surface area contributed by atoms with Crippen LogP contribution in [0.2, 0.25) is 0 Å². The second-order valence-electron chi connectivity index (χ2n) is 7.61. The van der Waals surface area contributed by atoms with Crippen molar-refractivity contribution in [2.75, 3.05) is 26.2 Å². The number of piperidine rings is 1. The Morgan fingerprint density at radius 2 is 1.75 bits per heavy atom. The molecule has 0 radical (unpaired) electrons. The molecule has 2 aromatic rings. The van der Waals surface area contributed by atoms with Crippen molar-refractivity contribution in [3.05, 3.63) is 46.6 Å². The highest BCUT2D eigenvalue weighted by atomic mass is 35.5. The summed E-state index contributed by atoms with van der Waals surface area (Å²) in [4.78, 5) is 15.7. The summed E-state index contributed by atoms with van der Waals surface area (Å²) in [5.74, 6) is 1.27. The average Bonchev–Trinajstić information content (AvgIpc) is 3.32. The molecule has 4 rings (SSSR count). The van der Waals surface area contributed by atoms with Gasteiger partial charge < -0.3 is 5.32 Å². The lowest BCUT2D eigenvalue weighted by Crippen LogP contribution is -2.37. The number of likely N-dealkylation sites (tertiary alicyclic amines) is 1. The fraction of sp³-hybridized carbons (Fsp3) is 0.600. The summed E-state index contributed by atoms with van der Waals surface area (Å²) in [5.41, 5.74) is 0.918. The van der Waals surface area contributed by atoms with Gasteiger partial charge in [-0.1, -0.05) is 18.2 Å². The van der Waals surface area contributed by atoms with Crippen LogP contribution in [0.15, 0.2) is 35.1 Å². The molecule has 0 amide bonds. The minimum atomic E-state index is -0.00391. The van der Waals surface area contributed by atoms with E-state index in [9.17, 15) is 4.79 Å². The zero-order valence-corrected chi connectivity index (χ0v) is 18.1. The fourth-order valence-electron chi connectivity index (χ4n) is 4.26. The van der Waals surface area contributed by atoms with Crippen LogP contribution < -0.4 is 11.0 Å². The Kier molecular flexibility index (Phi) is 8.56. The van der Waals surface area contributed by atoms with Gasteiger partial charge in [0.05, 0.1) is 12.2 Å². The van der Waals surface area contributed by atoms with E-state index in [4.69, 9.17) is 5.10 Å². The summed E-state index contributed by atoms with van der Waals surface area (Å²) in [7, 11) is 0. The largest absolute Gasteiger partial charge is 0.350 e. The van der Waals surface area contributed by atoms with Crippen molar-refractivity contribution in [3.63, 3.8) is 0 Å². The maximum atomic E-state index is 13.2. The van der Waals surface area contributed by atoms with Gasteiger partial charge in [-0.25, -0.2) is 14.0 Å². The van der Waals surface area contributed by atoms with Gasteiger partial charge in [-0.15, -0.1) is 24.8 Å². The summed E-state index contributed by atoms with van der Waals surface area (Å²) in [6.45, 7) is 7.13. The molecule has 0 spiro atoms. The minimum absolute atomic E-state index is 0. The van der Waals surface area contributed by atoms with Crippen LogP contribution in [0.5, 0.6) is 0 Å². The third kappa shape index (κ3) is 4.79. The van der Waals surface area contributed by atoms with E-state index in [0.717, 1.165) is 50.5 Å². The quantitative estimate of drug-likeness (QED) is 0.796. The van der Waals surface area contributed by atoms with Crippen molar-refractivity contribution < 1.29 is 0 Å². The summed E-state index contributed by atoms with van der Waals surface area (Å²) >= 11 is 0. The van der Waals surface area contributed by atoms with Crippen LogP contribution in [-0.4, -0.2) is 51.5 Å². The Labute approximate surface area is 179 Å². The van der Waals surface area contributed by atoms with Crippen molar-refractivity contribution >= 4 is 24.8 Å². The molecule has 3 heterocycles. The first-order chi connectivity index (χ1) is 12.7. The van der Waals surface area contributed by atoms with E-state index in [1.54, 1.807) is 4.68 Å². The van der Waals surface area contributed by atoms with Crippen molar-refractivity contribution in [3.8, 4) is 5.69 Å². The molecule has 1 N–H and O–H groups in total. The second-order valence-corrected chi connectivity index (χ2v) is 7.61. The van der Waals surface area contributed by atoms with Crippen LogP contribution in [-0.2, 0) is 6.54 Å². The highest BCUT2D eigenvalue weighted by Crippen LogP contribution is 2.25. The van der Waals surface area contributed by atoms with E-state index < -0.39 is 0 Å². The summed E-state index contributed by atoms with van der Waals surface area (Å²) < 4.78 is 3.54. The number of hydrogen-bond acceptors (Lipinski definition) is 4. The normalized spacial score (nSPS) is 19.0. The van der Waals surface area contributed by atoms with Gasteiger partial charge in [0.25, 0.3) is 0 Å². The van der Waals surface area contributed by atoms with Crippen molar-refractivity contribution in [1.29, 1.82) is 0 Å². The van der Waals surface area contributed by atoms with Crippen LogP contribution in [0.25, 0.3) is 5.69 Å². The lowest BCUT2D eigenvalue weighted by molar-refractivity contribution is 0.227. The molecule has 28 heavy (non-hydrogen) atoms. The first kappa shape index (κ1) is 22.9. The van der Waals surface area contributed by atoms with E-state index in [1.165, 1.54) is 12.8 Å². The number of aromatic nitrogens is 3. The Morgan fingerprint density at radius 3 is 2.39 bits per heavy atom. The maximum Gasteiger partial charge on any atom is 0.350 e. The Balaban J connectivity index is 0.00000140. The molecular formula is C20H31Cl2N5O. The lowest BCUT2D eigenvalue weighted by atomic mass is 9.97. The van der Waals surface area contributed by atoms with E-state index in [2.05, 4.69) is 17.1 Å². The molecule has 6 nitrogen and oxygen atoms in total. The van der Waals surface area contributed by atoms with Crippen molar-refractivity contribution in [2.24, 2.45) is 0 Å². The van der Waals surface area contributed by atoms with Gasteiger partial charge in [0.2, 0.25) is 0 Å². The number of para-hydroxylation sites is 1. The van der Waals surface area contributed by atoms with Crippen LogP contribution >= 0.6 is 24.8 Å². The first-order valence-corrected chi connectivity index (χ1v) is 9.94. The van der Waals surface area contributed by atoms with Crippen LogP contribution in [0.1, 0.15) is 44.3 Å². The summed E-state index contributed by atoms with van der Waals surface area (Å²) in [6.07, 6.45) is 4.59. The van der Waals surface area contributed by atoms with Gasteiger partial charge in [0.1, 0.15) is 5.82 Å². The molecule has 2 aliphatic rings. The molecule has 0 saturated carbocycles. The fourth-order valence-corrected chi connectivity index (χ4v) is 4.26. The molecule has 1 aromatic carbocycles. The van der Waals surface area contributed by atoms with E-state index in [1.807, 2.05) is 34.9 Å². The molecular weight excluding hydrogens is 397 g/mol. The molecule has 0 bridgehead atoms. The SMILES string of the molecule is CC(Cn1nc(C2CCNCC2)n(-c2ccccc2)c1=O)N1CCCC1.Cl.Cl. The smallest absolute Gasteiger partial charge is 0.317 e. The molecule has 0 aliphatic carbocycles. The van der Waals surface area contributed by atoms with Crippen LogP contribution in [0.3, 0.4) is 0 Å². The van der Waals surface area contributed by atoms with E-state index >= 15 is 0 Å². The second kappa shape index (κ2) is 10.4. The number of hydrogen-bond donors (Lipinski definition) is 1. The monoisotopic (exact) mass is 427 g/mol. The molecule has 1 atom stereocenters. The standard InChI is InChI=1S/C20H29N5O.2ClH/c1-16(23-13-5-6-14-23)15-24-20(26)25(18-7-3-2-4-8-18)19(22-24)17-9-11-21-12-10-17;;/h2-4,7-8,16-17,21H,5-6,9-15H2,1H3;2*1H. The van der Waals surface area contributed by atoms with E-state index in [0.29, 0.717) is 18.5 Å². The predicted octanol–water partition coefficient (Wildman–Crippen LogP) is 2.83. The molecule has 2 aliphatic heterocycles. The molecule has 8 heteroatoms. The Hall–Kier alpha value is -1.34. The number of halogens is 2. The van der Waals surface area contributed by atoms with Crippen LogP contribution in [0.4, 0.5) is 0 Å². The van der Waals surface area contributed by atoms with Crippen LogP contribution in [0, 0.1) is 0 Å². The van der Waals surface area contributed by atoms with Crippen molar-refractivity contribution in [1.82, 2.24) is 24.6 Å². The Morgan fingerprint density at radius 1 is 1.11 bits per heavy atom. The zero-order chi connectivity index (χ0) is 17.9. The molecule has 1 aromatic heterocycles. The minimum Gasteiger partial charge on any atom is -0.317 e. The van der Waals surface area contributed by atoms with Gasteiger partial charge in [0, 0.05) is 12.0 Å². The maximum absolute atomic E-state index is 13.2. The zero-order valence-electron chi connectivity index (χ0n) is 16.4. The molecule has 1 unspecified atom stereocenters. The summed E-state index contributed by atoms with van der Waals surface area (Å²) in [5, 5.41) is 8.24. The third-order valence-corrected chi connectivity index (χ3v) is 5.78. The summed E-state index contributed by atoms with van der Waals surface area (Å²) in [6, 6.07) is 10.3. The Bertz CT molecular complexity index is 780. The first-order valence-electron chi connectivity index (χ1n) is 9.94. The highest BCUT2D eigenvalue weighted by Gasteiger charge is 2.26. The van der Waals surface area contributed by atoms with Gasteiger partial charge in [-0.2, -0.15) is 5.10 Å². The molecule has 2 saturated heterocycles. The van der Waals surface area contributed by atoms with Gasteiger partial charge in [0.15, 0.2) is 0 Å². The van der Waals surface area contributed by atoms with Crippen molar-refractivity contribution in [2.45, 2.75) is 51.1 Å². The topological polar surface area (TPSA) is 55.1 Å². The third-order valence-electron chi connectivity index (χ3n) is 5.78. The average molecular weight is 428 g/mol. The number of nitrogens with one attached hydrogen (secondary N) is 1. The molecule has 156 valence electrons. The lowest BCUT2D eigenvalue weighted by Gasteiger charge is -2.23. The number of benzene rings is 1. The van der Waals surface area contributed by atoms with E-state index in [-0.39, 0.29) is 30.5 Å². The predicted molar refractivity (Wildman–Crippen MR) is 117 cm³/mol. The van der Waals surface area contributed by atoms with Gasteiger partial charge >= 0.3 is 5.69 Å². The van der Waals surface area contributed by atoms with Gasteiger partial charge in [-0.05, 0) is 70.9 Å². The number of rotatable bonds is 5. The number of nitrogens with zero attached hydrogens (tertiary/aromatic N) is 4.